The summed E-state index contributed by atoms with van der Waals surface area (Å²) >= 11 is 0. The normalized spacial score (nSPS) is 28.3. The topological polar surface area (TPSA) is 61.8 Å². The number of amides is 1. The Morgan fingerprint density at radius 2 is 2.00 bits per heavy atom. The molecule has 0 spiro atoms. The first-order valence-electron chi connectivity index (χ1n) is 8.43. The van der Waals surface area contributed by atoms with Gasteiger partial charge < -0.3 is 20.1 Å². The summed E-state index contributed by atoms with van der Waals surface area (Å²) in [6, 6.07) is 9.84. The summed E-state index contributed by atoms with van der Waals surface area (Å²) in [7, 11) is 2.09. The number of nitrogens with one attached hydrogen (secondary N) is 1. The van der Waals surface area contributed by atoms with Gasteiger partial charge in [-0.1, -0.05) is 30.3 Å². The van der Waals surface area contributed by atoms with E-state index in [9.17, 15) is 9.90 Å². The van der Waals surface area contributed by atoms with Crippen LogP contribution in [-0.2, 0) is 14.9 Å². The Bertz CT molecular complexity index is 526. The highest BCUT2D eigenvalue weighted by molar-refractivity contribution is 5.88. The van der Waals surface area contributed by atoms with E-state index in [0.29, 0.717) is 19.6 Å². The van der Waals surface area contributed by atoms with Crippen molar-refractivity contribution >= 4 is 5.91 Å². The van der Waals surface area contributed by atoms with E-state index in [4.69, 9.17) is 4.74 Å². The molecular weight excluding hydrogens is 292 g/mol. The van der Waals surface area contributed by atoms with Crippen molar-refractivity contribution in [3.63, 3.8) is 0 Å². The van der Waals surface area contributed by atoms with Crippen molar-refractivity contribution in [1.82, 2.24) is 10.2 Å². The Kier molecular flexibility index (Phi) is 4.99. The van der Waals surface area contributed by atoms with Crippen LogP contribution in [0.25, 0.3) is 0 Å². The minimum atomic E-state index is -0.619. The number of benzene rings is 1. The minimum Gasteiger partial charge on any atom is -0.389 e. The van der Waals surface area contributed by atoms with Crippen LogP contribution in [0.15, 0.2) is 30.3 Å². The number of aliphatic hydroxyl groups excluding tert-OH is 1. The highest BCUT2D eigenvalue weighted by Crippen LogP contribution is 2.35. The number of rotatable bonds is 3. The molecule has 3 rings (SSSR count). The maximum atomic E-state index is 13.2. The summed E-state index contributed by atoms with van der Waals surface area (Å²) in [6.45, 7) is 2.69. The molecule has 126 valence electrons. The zero-order valence-electron chi connectivity index (χ0n) is 13.7. The van der Waals surface area contributed by atoms with Gasteiger partial charge in [0.2, 0.25) is 5.91 Å². The van der Waals surface area contributed by atoms with E-state index in [2.05, 4.69) is 17.3 Å². The molecule has 2 atom stereocenters. The van der Waals surface area contributed by atoms with Crippen molar-refractivity contribution in [2.75, 3.05) is 33.4 Å². The monoisotopic (exact) mass is 318 g/mol. The molecule has 0 radical (unpaired) electrons. The molecule has 0 bridgehead atoms. The van der Waals surface area contributed by atoms with E-state index in [1.165, 1.54) is 0 Å². The van der Waals surface area contributed by atoms with Gasteiger partial charge in [-0.05, 0) is 45.0 Å². The summed E-state index contributed by atoms with van der Waals surface area (Å²) in [6.07, 6.45) is 1.65. The average Bonchev–Trinajstić information content (AvgIpc) is 2.58. The molecular formula is C18H26N2O3. The van der Waals surface area contributed by atoms with Crippen LogP contribution in [0.4, 0.5) is 0 Å². The predicted molar refractivity (Wildman–Crippen MR) is 88.2 cm³/mol. The Hall–Kier alpha value is -1.43. The molecule has 2 N–H and O–H groups in total. The van der Waals surface area contributed by atoms with E-state index >= 15 is 0 Å². The summed E-state index contributed by atoms with van der Waals surface area (Å²) in [4.78, 5) is 15.4. The first-order chi connectivity index (χ1) is 11.1. The second-order valence-electron chi connectivity index (χ2n) is 6.76. The highest BCUT2D eigenvalue weighted by atomic mass is 16.5. The Balaban J connectivity index is 1.82. The van der Waals surface area contributed by atoms with Crippen LogP contribution in [0.5, 0.6) is 0 Å². The number of likely N-dealkylation sites (tertiary alicyclic amines) is 1. The fraction of sp³-hybridized carbons (Fsp3) is 0.611. The van der Waals surface area contributed by atoms with Gasteiger partial charge in [0.15, 0.2) is 0 Å². The number of hydrogen-bond acceptors (Lipinski definition) is 4. The SMILES string of the molecule is CN1CCC(C(=O)N[C@@H]2CCOC[C@H]2O)(c2ccccc2)CC1. The van der Waals surface area contributed by atoms with E-state index in [0.717, 1.165) is 31.5 Å². The first kappa shape index (κ1) is 16.4. The third-order valence-corrected chi connectivity index (χ3v) is 5.24. The molecule has 0 aliphatic carbocycles. The molecule has 0 saturated carbocycles. The van der Waals surface area contributed by atoms with Crippen molar-refractivity contribution in [2.45, 2.75) is 36.8 Å². The number of aliphatic hydroxyl groups is 1. The van der Waals surface area contributed by atoms with Gasteiger partial charge in [0.25, 0.3) is 0 Å². The zero-order chi connectivity index (χ0) is 16.3. The van der Waals surface area contributed by atoms with Gasteiger partial charge in [-0.3, -0.25) is 4.79 Å². The zero-order valence-corrected chi connectivity index (χ0v) is 13.7. The van der Waals surface area contributed by atoms with Gasteiger partial charge in [-0.25, -0.2) is 0 Å². The van der Waals surface area contributed by atoms with Crippen LogP contribution >= 0.6 is 0 Å². The molecule has 5 nitrogen and oxygen atoms in total. The van der Waals surface area contributed by atoms with Crippen molar-refractivity contribution < 1.29 is 14.6 Å². The van der Waals surface area contributed by atoms with E-state index in [1.807, 2.05) is 30.3 Å². The lowest BCUT2D eigenvalue weighted by Crippen LogP contribution is -2.57. The second-order valence-corrected chi connectivity index (χ2v) is 6.76. The van der Waals surface area contributed by atoms with Crippen LogP contribution in [0.2, 0.25) is 0 Å². The predicted octanol–water partition coefficient (Wildman–Crippen LogP) is 0.916. The molecule has 1 aromatic rings. The standard InChI is InChI=1S/C18H26N2O3/c1-20-10-8-18(9-11-20,14-5-3-2-4-6-14)17(22)19-15-7-12-23-13-16(15)21/h2-6,15-16,21H,7-13H2,1H3,(H,19,22)/t15-,16-/m1/s1. The molecule has 1 amide bonds. The largest absolute Gasteiger partial charge is 0.389 e. The highest BCUT2D eigenvalue weighted by Gasteiger charge is 2.43. The molecule has 1 aromatic carbocycles. The van der Waals surface area contributed by atoms with Crippen molar-refractivity contribution in [3.8, 4) is 0 Å². The quantitative estimate of drug-likeness (QED) is 0.870. The molecule has 2 aliphatic heterocycles. The lowest BCUT2D eigenvalue weighted by Gasteiger charge is -2.41. The summed E-state index contributed by atoms with van der Waals surface area (Å²) in [5.74, 6) is 0.0442. The number of nitrogens with zero attached hydrogens (tertiary/aromatic N) is 1. The smallest absolute Gasteiger partial charge is 0.231 e. The van der Waals surface area contributed by atoms with Gasteiger partial charge in [0.05, 0.1) is 24.2 Å². The summed E-state index contributed by atoms with van der Waals surface area (Å²) < 4.78 is 5.25. The van der Waals surface area contributed by atoms with Crippen LogP contribution in [-0.4, -0.2) is 61.4 Å². The fourth-order valence-corrected chi connectivity index (χ4v) is 3.60. The van der Waals surface area contributed by atoms with Crippen molar-refractivity contribution in [2.24, 2.45) is 0 Å². The van der Waals surface area contributed by atoms with Crippen LogP contribution < -0.4 is 5.32 Å². The molecule has 2 aliphatic rings. The van der Waals surface area contributed by atoms with Gasteiger partial charge >= 0.3 is 0 Å². The second kappa shape index (κ2) is 6.99. The number of hydrogen-bond donors (Lipinski definition) is 2. The molecule has 2 fully saturated rings. The van der Waals surface area contributed by atoms with Gasteiger partial charge in [-0.2, -0.15) is 0 Å². The third kappa shape index (κ3) is 3.42. The van der Waals surface area contributed by atoms with Crippen molar-refractivity contribution in [3.05, 3.63) is 35.9 Å². The Morgan fingerprint density at radius 3 is 2.65 bits per heavy atom. The molecule has 0 unspecified atom stereocenters. The van der Waals surface area contributed by atoms with E-state index in [-0.39, 0.29) is 11.9 Å². The lowest BCUT2D eigenvalue weighted by molar-refractivity contribution is -0.132. The average molecular weight is 318 g/mol. The lowest BCUT2D eigenvalue weighted by atomic mass is 9.71. The Morgan fingerprint density at radius 1 is 1.30 bits per heavy atom. The molecule has 5 heteroatoms. The van der Waals surface area contributed by atoms with Crippen LogP contribution in [0, 0.1) is 0 Å². The summed E-state index contributed by atoms with van der Waals surface area (Å²) in [5.41, 5.74) is 0.582. The molecule has 0 aromatic heterocycles. The maximum Gasteiger partial charge on any atom is 0.231 e. The number of carbonyl (C=O) groups is 1. The third-order valence-electron chi connectivity index (χ3n) is 5.24. The number of piperidine rings is 1. The maximum absolute atomic E-state index is 13.2. The minimum absolute atomic E-state index is 0.0442. The van der Waals surface area contributed by atoms with Crippen LogP contribution in [0.3, 0.4) is 0 Å². The van der Waals surface area contributed by atoms with Gasteiger partial charge in [0, 0.05) is 6.61 Å². The number of carbonyl (C=O) groups excluding carboxylic acids is 1. The van der Waals surface area contributed by atoms with Gasteiger partial charge in [-0.15, -0.1) is 0 Å². The summed E-state index contributed by atoms with van der Waals surface area (Å²) in [5, 5.41) is 13.2. The Labute approximate surface area is 137 Å². The van der Waals surface area contributed by atoms with E-state index in [1.54, 1.807) is 0 Å². The molecule has 23 heavy (non-hydrogen) atoms. The van der Waals surface area contributed by atoms with Crippen molar-refractivity contribution in [1.29, 1.82) is 0 Å². The molecule has 2 saturated heterocycles. The van der Waals surface area contributed by atoms with Crippen LogP contribution in [0.1, 0.15) is 24.8 Å². The number of ether oxygens (including phenoxy) is 1. The van der Waals surface area contributed by atoms with Gasteiger partial charge in [0.1, 0.15) is 0 Å². The van der Waals surface area contributed by atoms with E-state index < -0.39 is 11.5 Å². The molecule has 2 heterocycles. The first-order valence-corrected chi connectivity index (χ1v) is 8.43. The fourth-order valence-electron chi connectivity index (χ4n) is 3.60.